The molecule has 1 fully saturated rings. The van der Waals surface area contributed by atoms with Gasteiger partial charge in [0.05, 0.1) is 11.1 Å². The van der Waals surface area contributed by atoms with Crippen LogP contribution in [-0.4, -0.2) is 39.1 Å². The number of carbonyl (C=O) groups excluding carboxylic acids is 1. The van der Waals surface area contributed by atoms with Crippen molar-refractivity contribution < 1.29 is 9.90 Å². The van der Waals surface area contributed by atoms with E-state index in [-0.39, 0.29) is 5.75 Å². The number of primary amides is 1. The maximum Gasteiger partial charge on any atom is 0.248 e. The van der Waals surface area contributed by atoms with Gasteiger partial charge in [-0.15, -0.1) is 0 Å². The number of hydrogen-bond acceptors (Lipinski definition) is 6. The number of nitrogens with two attached hydrogens (primary N) is 1. The Balaban J connectivity index is 0.000000230. The number of pyridine rings is 1. The van der Waals surface area contributed by atoms with Gasteiger partial charge in [0.15, 0.2) is 5.82 Å². The highest BCUT2D eigenvalue weighted by atomic mass is 16.3. The molecule has 2 aromatic carbocycles. The van der Waals surface area contributed by atoms with E-state index < -0.39 is 5.91 Å². The van der Waals surface area contributed by atoms with Gasteiger partial charge in [0, 0.05) is 36.4 Å². The number of benzene rings is 2. The van der Waals surface area contributed by atoms with Gasteiger partial charge in [0.2, 0.25) is 5.91 Å². The van der Waals surface area contributed by atoms with Gasteiger partial charge in [-0.1, -0.05) is 18.2 Å². The quantitative estimate of drug-likeness (QED) is 0.510. The molecule has 1 aliphatic heterocycles. The second-order valence-electron chi connectivity index (χ2n) is 7.70. The summed E-state index contributed by atoms with van der Waals surface area (Å²) in [4.78, 5) is 25.9. The molecule has 7 nitrogen and oxygen atoms in total. The maximum absolute atomic E-state index is 10.4. The molecular weight excluding hydrogens is 402 g/mol. The van der Waals surface area contributed by atoms with Crippen LogP contribution in [0.4, 0.5) is 5.82 Å². The van der Waals surface area contributed by atoms with Crippen molar-refractivity contribution in [2.24, 2.45) is 5.73 Å². The minimum absolute atomic E-state index is 0.215. The molecule has 0 unspecified atom stereocenters. The lowest BCUT2D eigenvalue weighted by Gasteiger charge is -2.19. The summed E-state index contributed by atoms with van der Waals surface area (Å²) in [5.41, 5.74) is 8.22. The third-order valence-electron chi connectivity index (χ3n) is 5.35. The lowest BCUT2D eigenvalue weighted by atomic mass is 10.1. The summed E-state index contributed by atoms with van der Waals surface area (Å²) in [6.07, 6.45) is 5.45. The standard InChI is InChI=1S/C19H19N3O.C6H6N2O/c1-13-8-9-14-16(12-13)20-18(15-6-2-3-7-17(15)23)21-19(14)22-10-4-5-11-22;7-6(9)5-1-3-8-4-2-5/h2-3,6-9,12,23H,4-5,10-11H2,1H3;1-4H,(H2,7,9). The molecular formula is C25H25N5O2. The van der Waals surface area contributed by atoms with Gasteiger partial charge in [0.1, 0.15) is 11.6 Å². The van der Waals surface area contributed by atoms with Crippen LogP contribution in [0.25, 0.3) is 22.3 Å². The largest absolute Gasteiger partial charge is 0.507 e. The van der Waals surface area contributed by atoms with E-state index in [0.29, 0.717) is 17.0 Å². The number of phenolic OH excluding ortho intramolecular Hbond substituents is 1. The number of carbonyl (C=O) groups is 1. The molecule has 0 saturated carbocycles. The van der Waals surface area contributed by atoms with E-state index in [1.807, 2.05) is 18.2 Å². The third-order valence-corrected chi connectivity index (χ3v) is 5.35. The number of anilines is 1. The van der Waals surface area contributed by atoms with Crippen LogP contribution < -0.4 is 10.6 Å². The van der Waals surface area contributed by atoms with Crippen molar-refractivity contribution in [3.05, 3.63) is 78.1 Å². The number of aromatic nitrogens is 3. The normalized spacial score (nSPS) is 13.0. The molecule has 0 bridgehead atoms. The first-order valence-electron chi connectivity index (χ1n) is 10.5. The molecule has 0 atom stereocenters. The van der Waals surface area contributed by atoms with Gasteiger partial charge in [-0.3, -0.25) is 9.78 Å². The first kappa shape index (κ1) is 21.2. The molecule has 0 aliphatic carbocycles. The average Bonchev–Trinajstić information content (AvgIpc) is 3.34. The first-order chi connectivity index (χ1) is 15.5. The number of amides is 1. The molecule has 32 heavy (non-hydrogen) atoms. The number of fused-ring (bicyclic) bond motifs is 1. The van der Waals surface area contributed by atoms with E-state index >= 15 is 0 Å². The predicted molar refractivity (Wildman–Crippen MR) is 126 cm³/mol. The summed E-state index contributed by atoms with van der Waals surface area (Å²) in [6.45, 7) is 4.12. The molecule has 0 radical (unpaired) electrons. The smallest absolute Gasteiger partial charge is 0.248 e. The predicted octanol–water partition coefficient (Wildman–Crippen LogP) is 4.09. The summed E-state index contributed by atoms with van der Waals surface area (Å²) in [5, 5.41) is 11.2. The van der Waals surface area contributed by atoms with Crippen LogP contribution in [-0.2, 0) is 0 Å². The molecule has 0 spiro atoms. The van der Waals surface area contributed by atoms with Crippen molar-refractivity contribution in [1.82, 2.24) is 15.0 Å². The van der Waals surface area contributed by atoms with Crippen molar-refractivity contribution >= 4 is 22.6 Å². The van der Waals surface area contributed by atoms with Crippen molar-refractivity contribution in [2.45, 2.75) is 19.8 Å². The van der Waals surface area contributed by atoms with Gasteiger partial charge >= 0.3 is 0 Å². The number of phenols is 1. The topological polar surface area (TPSA) is 105 Å². The summed E-state index contributed by atoms with van der Waals surface area (Å²) < 4.78 is 0. The minimum atomic E-state index is -0.419. The molecule has 4 aromatic rings. The second-order valence-corrected chi connectivity index (χ2v) is 7.70. The van der Waals surface area contributed by atoms with E-state index in [1.54, 1.807) is 18.2 Å². The number of aryl methyl sites for hydroxylation is 1. The molecule has 5 rings (SSSR count). The summed E-state index contributed by atoms with van der Waals surface area (Å²) >= 11 is 0. The SMILES string of the molecule is Cc1ccc2c(N3CCCC3)nc(-c3ccccc3O)nc2c1.NC(=O)c1ccncc1. The summed E-state index contributed by atoms with van der Waals surface area (Å²) in [7, 11) is 0. The van der Waals surface area contributed by atoms with E-state index in [2.05, 4.69) is 35.0 Å². The Bertz CT molecular complexity index is 1240. The fourth-order valence-electron chi connectivity index (χ4n) is 3.69. The van der Waals surface area contributed by atoms with Crippen molar-refractivity contribution in [1.29, 1.82) is 0 Å². The molecule has 3 N–H and O–H groups in total. The van der Waals surface area contributed by atoms with Crippen LogP contribution in [0.1, 0.15) is 28.8 Å². The van der Waals surface area contributed by atoms with Crippen LogP contribution in [0.5, 0.6) is 5.75 Å². The Kier molecular flexibility index (Phi) is 6.26. The van der Waals surface area contributed by atoms with Gasteiger partial charge in [-0.05, 0) is 61.7 Å². The second kappa shape index (κ2) is 9.43. The summed E-state index contributed by atoms with van der Waals surface area (Å²) in [5.74, 6) is 1.36. The number of aromatic hydroxyl groups is 1. The fraction of sp³-hybridized carbons (Fsp3) is 0.200. The Hall–Kier alpha value is -4.00. The highest BCUT2D eigenvalue weighted by Gasteiger charge is 2.19. The molecule has 162 valence electrons. The monoisotopic (exact) mass is 427 g/mol. The van der Waals surface area contributed by atoms with Crippen LogP contribution in [0.3, 0.4) is 0 Å². The Morgan fingerprint density at radius 1 is 1.00 bits per heavy atom. The van der Waals surface area contributed by atoms with E-state index in [0.717, 1.165) is 29.8 Å². The molecule has 3 heterocycles. The van der Waals surface area contributed by atoms with Crippen LogP contribution in [0, 0.1) is 6.92 Å². The van der Waals surface area contributed by atoms with Crippen LogP contribution in [0.2, 0.25) is 0 Å². The van der Waals surface area contributed by atoms with E-state index in [4.69, 9.17) is 15.7 Å². The van der Waals surface area contributed by atoms with Crippen molar-refractivity contribution in [3.63, 3.8) is 0 Å². The highest BCUT2D eigenvalue weighted by Crippen LogP contribution is 2.32. The molecule has 1 amide bonds. The lowest BCUT2D eigenvalue weighted by Crippen LogP contribution is -2.20. The molecule has 2 aromatic heterocycles. The number of hydrogen-bond donors (Lipinski definition) is 2. The minimum Gasteiger partial charge on any atom is -0.507 e. The van der Waals surface area contributed by atoms with E-state index in [9.17, 15) is 9.90 Å². The zero-order chi connectivity index (χ0) is 22.5. The summed E-state index contributed by atoms with van der Waals surface area (Å²) in [6, 6.07) is 16.7. The molecule has 1 aliphatic rings. The van der Waals surface area contributed by atoms with Gasteiger partial charge < -0.3 is 15.7 Å². The van der Waals surface area contributed by atoms with E-state index in [1.165, 1.54) is 30.8 Å². The number of para-hydroxylation sites is 1. The average molecular weight is 428 g/mol. The van der Waals surface area contributed by atoms with Crippen molar-refractivity contribution in [3.8, 4) is 17.1 Å². The Morgan fingerprint density at radius 2 is 1.72 bits per heavy atom. The highest BCUT2D eigenvalue weighted by molar-refractivity contribution is 5.92. The molecule has 7 heteroatoms. The Morgan fingerprint density at radius 3 is 2.38 bits per heavy atom. The van der Waals surface area contributed by atoms with Gasteiger partial charge in [0.25, 0.3) is 0 Å². The molecule has 1 saturated heterocycles. The third kappa shape index (κ3) is 4.67. The fourth-order valence-corrected chi connectivity index (χ4v) is 3.69. The van der Waals surface area contributed by atoms with Crippen molar-refractivity contribution in [2.75, 3.05) is 18.0 Å². The van der Waals surface area contributed by atoms with Crippen LogP contribution in [0.15, 0.2) is 67.0 Å². The van der Waals surface area contributed by atoms with Gasteiger partial charge in [-0.2, -0.15) is 0 Å². The first-order valence-corrected chi connectivity index (χ1v) is 10.5. The number of rotatable bonds is 3. The zero-order valence-electron chi connectivity index (χ0n) is 17.9. The maximum atomic E-state index is 10.4. The lowest BCUT2D eigenvalue weighted by molar-refractivity contribution is 0.1000. The van der Waals surface area contributed by atoms with Crippen LogP contribution >= 0.6 is 0 Å². The van der Waals surface area contributed by atoms with Gasteiger partial charge in [-0.25, -0.2) is 9.97 Å². The zero-order valence-corrected chi connectivity index (χ0v) is 17.9. The number of nitrogens with zero attached hydrogens (tertiary/aromatic N) is 4. The Labute approximate surface area is 186 Å².